The predicted molar refractivity (Wildman–Crippen MR) is 126 cm³/mol. The van der Waals surface area contributed by atoms with Gasteiger partial charge in [-0.15, -0.1) is 0 Å². The van der Waals surface area contributed by atoms with Crippen LogP contribution in [0.2, 0.25) is 0 Å². The number of hydrogen-bond donors (Lipinski definition) is 0. The van der Waals surface area contributed by atoms with Crippen LogP contribution in [0.15, 0.2) is 18.7 Å². The third kappa shape index (κ3) is 3.23. The lowest BCUT2D eigenvalue weighted by atomic mass is 9.47. The fourth-order valence-electron chi connectivity index (χ4n) is 8.93. The van der Waals surface area contributed by atoms with E-state index in [1.165, 1.54) is 44.9 Å². The molecule has 0 unspecified atom stereocenters. The van der Waals surface area contributed by atoms with Crippen molar-refractivity contribution in [3.05, 3.63) is 18.7 Å². The highest BCUT2D eigenvalue weighted by molar-refractivity contribution is 7.80. The van der Waals surface area contributed by atoms with E-state index >= 15 is 0 Å². The van der Waals surface area contributed by atoms with E-state index < -0.39 is 0 Å². The van der Waals surface area contributed by atoms with Crippen molar-refractivity contribution in [3.8, 4) is 0 Å². The number of hydrogen-bond acceptors (Lipinski definition) is 5. The summed E-state index contributed by atoms with van der Waals surface area (Å²) in [6.45, 7) is 7.21. The van der Waals surface area contributed by atoms with Crippen LogP contribution < -0.4 is 0 Å². The van der Waals surface area contributed by atoms with Crippen LogP contribution in [0.4, 0.5) is 0 Å². The van der Waals surface area contributed by atoms with Crippen LogP contribution in [0.5, 0.6) is 0 Å². The van der Waals surface area contributed by atoms with E-state index in [0.717, 1.165) is 55.8 Å². The maximum absolute atomic E-state index is 6.35. The molecular weight excluding hydrogens is 420 g/mol. The first-order chi connectivity index (χ1) is 15.5. The molecule has 2 heterocycles. The number of rotatable bonds is 2. The zero-order valence-corrected chi connectivity index (χ0v) is 20.4. The SMILES string of the molecule is C[C@H]1CC[C@@H]2[C@H]3CC[C@@]4(C)[C@@H](CCC45OCCO5)[C@@H]3C[C@@H](COC(=S)n3ccnc3)[C@H]2C1. The molecule has 1 spiro atoms. The molecule has 176 valence electrons. The second kappa shape index (κ2) is 8.06. The standard InChI is InChI=1S/C26H38N2O3S/c1-17-3-4-19-20-5-7-25(2)23(6-8-26(25)30-11-12-31-26)22(20)14-18(21(19)13-17)15-29-24(32)28-10-9-27-16-28/h9-10,16-23H,3-8,11-15H2,1-2H3/t17-,18-,19+,20+,21+,22+,23-,25-/m0/s1. The first-order valence-corrected chi connectivity index (χ1v) is 13.3. The highest BCUT2D eigenvalue weighted by Crippen LogP contribution is 2.67. The molecule has 1 aromatic heterocycles. The molecule has 0 radical (unpaired) electrons. The second-order valence-corrected chi connectivity index (χ2v) is 12.0. The van der Waals surface area contributed by atoms with E-state index in [0.29, 0.717) is 17.0 Å². The van der Waals surface area contributed by atoms with Crippen molar-refractivity contribution in [3.63, 3.8) is 0 Å². The Morgan fingerprint density at radius 2 is 1.88 bits per heavy atom. The largest absolute Gasteiger partial charge is 0.470 e. The van der Waals surface area contributed by atoms with Gasteiger partial charge in [0.05, 0.1) is 19.8 Å². The molecule has 1 aromatic rings. The van der Waals surface area contributed by atoms with Gasteiger partial charge in [0.1, 0.15) is 6.33 Å². The number of aromatic nitrogens is 2. The van der Waals surface area contributed by atoms with Gasteiger partial charge in [-0.1, -0.05) is 20.3 Å². The molecule has 0 amide bonds. The molecule has 4 saturated carbocycles. The van der Waals surface area contributed by atoms with Crippen molar-refractivity contribution in [2.75, 3.05) is 19.8 Å². The molecule has 32 heavy (non-hydrogen) atoms. The van der Waals surface area contributed by atoms with Gasteiger partial charge in [-0.2, -0.15) is 0 Å². The Morgan fingerprint density at radius 3 is 2.66 bits per heavy atom. The van der Waals surface area contributed by atoms with Crippen LogP contribution in [0.3, 0.4) is 0 Å². The van der Waals surface area contributed by atoms with Crippen LogP contribution in [-0.2, 0) is 14.2 Å². The summed E-state index contributed by atoms with van der Waals surface area (Å²) < 4.78 is 20.7. The van der Waals surface area contributed by atoms with Crippen molar-refractivity contribution in [2.24, 2.45) is 46.8 Å². The smallest absolute Gasteiger partial charge is 0.268 e. The van der Waals surface area contributed by atoms with Gasteiger partial charge in [0.25, 0.3) is 5.17 Å². The minimum absolute atomic E-state index is 0.164. The van der Waals surface area contributed by atoms with E-state index in [2.05, 4.69) is 18.8 Å². The number of nitrogens with zero attached hydrogens (tertiary/aromatic N) is 2. The number of thiocarbonyl (C=S) groups is 1. The summed E-state index contributed by atoms with van der Waals surface area (Å²) in [6.07, 6.45) is 15.7. The van der Waals surface area contributed by atoms with Gasteiger partial charge < -0.3 is 14.2 Å². The van der Waals surface area contributed by atoms with Gasteiger partial charge in [-0.05, 0) is 92.2 Å². The fraction of sp³-hybridized carbons (Fsp3) is 0.846. The molecule has 6 rings (SSSR count). The molecule has 6 heteroatoms. The molecule has 5 nitrogen and oxygen atoms in total. The van der Waals surface area contributed by atoms with Gasteiger partial charge in [0.15, 0.2) is 5.79 Å². The van der Waals surface area contributed by atoms with Crippen LogP contribution in [0.1, 0.15) is 65.2 Å². The van der Waals surface area contributed by atoms with Gasteiger partial charge in [-0.3, -0.25) is 4.57 Å². The Kier molecular flexibility index (Phi) is 5.42. The summed E-state index contributed by atoms with van der Waals surface area (Å²) >= 11 is 5.56. The molecule has 5 fully saturated rings. The Bertz CT molecular complexity index is 838. The van der Waals surface area contributed by atoms with Gasteiger partial charge in [0, 0.05) is 24.2 Å². The van der Waals surface area contributed by atoms with Crippen molar-refractivity contribution < 1.29 is 14.2 Å². The lowest BCUT2D eigenvalue weighted by molar-refractivity contribution is -0.245. The van der Waals surface area contributed by atoms with E-state index in [-0.39, 0.29) is 11.2 Å². The second-order valence-electron chi connectivity index (χ2n) is 11.7. The van der Waals surface area contributed by atoms with Gasteiger partial charge in [0.2, 0.25) is 0 Å². The zero-order valence-electron chi connectivity index (χ0n) is 19.6. The van der Waals surface area contributed by atoms with E-state index in [9.17, 15) is 0 Å². The highest BCUT2D eigenvalue weighted by atomic mass is 32.1. The quantitative estimate of drug-likeness (QED) is 0.564. The Labute approximate surface area is 197 Å². The molecule has 1 aliphatic heterocycles. The molecule has 8 atom stereocenters. The van der Waals surface area contributed by atoms with Crippen LogP contribution >= 0.6 is 12.2 Å². The summed E-state index contributed by atoms with van der Waals surface area (Å²) in [6, 6.07) is 0. The number of ether oxygens (including phenoxy) is 3. The fourth-order valence-corrected chi connectivity index (χ4v) is 9.11. The number of imidazole rings is 1. The van der Waals surface area contributed by atoms with E-state index in [4.69, 9.17) is 26.4 Å². The van der Waals surface area contributed by atoms with Crippen LogP contribution in [-0.4, -0.2) is 40.3 Å². The Balaban J connectivity index is 1.25. The molecule has 0 N–H and O–H groups in total. The predicted octanol–water partition coefficient (Wildman–Crippen LogP) is 5.29. The summed E-state index contributed by atoms with van der Waals surface area (Å²) in [5, 5.41) is 0.533. The highest BCUT2D eigenvalue weighted by Gasteiger charge is 2.66. The number of fused-ring (bicyclic) bond motifs is 6. The molecule has 4 aliphatic carbocycles. The maximum atomic E-state index is 6.35. The van der Waals surface area contributed by atoms with Crippen molar-refractivity contribution in [2.45, 2.75) is 71.0 Å². The molecule has 0 bridgehead atoms. The normalized spacial score (nSPS) is 44.6. The zero-order chi connectivity index (χ0) is 21.9. The van der Waals surface area contributed by atoms with Crippen molar-refractivity contribution in [1.82, 2.24) is 9.55 Å². The van der Waals surface area contributed by atoms with Crippen LogP contribution in [0.25, 0.3) is 0 Å². The Hall–Kier alpha value is -0.980. The first kappa shape index (κ1) is 21.5. The van der Waals surface area contributed by atoms with Crippen molar-refractivity contribution >= 4 is 17.4 Å². The summed E-state index contributed by atoms with van der Waals surface area (Å²) in [5.41, 5.74) is 0.164. The summed E-state index contributed by atoms with van der Waals surface area (Å²) in [7, 11) is 0. The maximum Gasteiger partial charge on any atom is 0.268 e. The topological polar surface area (TPSA) is 45.5 Å². The van der Waals surface area contributed by atoms with Gasteiger partial charge >= 0.3 is 0 Å². The Morgan fingerprint density at radius 1 is 1.06 bits per heavy atom. The minimum Gasteiger partial charge on any atom is -0.470 e. The lowest BCUT2D eigenvalue weighted by Crippen LogP contribution is -2.55. The van der Waals surface area contributed by atoms with Crippen molar-refractivity contribution in [1.29, 1.82) is 0 Å². The summed E-state index contributed by atoms with van der Waals surface area (Å²) in [5.74, 6) is 5.11. The third-order valence-corrected chi connectivity index (χ3v) is 10.7. The average Bonchev–Trinajstić information content (AvgIpc) is 3.54. The van der Waals surface area contributed by atoms with Gasteiger partial charge in [-0.25, -0.2) is 4.98 Å². The monoisotopic (exact) mass is 458 g/mol. The average molecular weight is 459 g/mol. The lowest BCUT2D eigenvalue weighted by Gasteiger charge is -2.59. The third-order valence-electron chi connectivity index (χ3n) is 10.4. The van der Waals surface area contributed by atoms with E-state index in [1.807, 2.05) is 10.8 Å². The summed E-state index contributed by atoms with van der Waals surface area (Å²) in [4.78, 5) is 4.12. The minimum atomic E-state index is -0.310. The molecule has 5 aliphatic rings. The molecule has 1 saturated heterocycles. The first-order valence-electron chi connectivity index (χ1n) is 12.9. The van der Waals surface area contributed by atoms with E-state index in [1.54, 1.807) is 12.5 Å². The van der Waals surface area contributed by atoms with Crippen LogP contribution in [0, 0.1) is 46.8 Å². The molecule has 0 aromatic carbocycles. The molecular formula is C26H38N2O3S.